The van der Waals surface area contributed by atoms with Crippen LogP contribution in [0.1, 0.15) is 49.0 Å². The van der Waals surface area contributed by atoms with Gasteiger partial charge in [0.15, 0.2) is 5.82 Å². The topological polar surface area (TPSA) is 93.1 Å². The summed E-state index contributed by atoms with van der Waals surface area (Å²) in [7, 11) is 0. The minimum atomic E-state index is 0.177. The van der Waals surface area contributed by atoms with Crippen LogP contribution >= 0.6 is 11.8 Å². The number of nitrogen functional groups attached to an aromatic ring is 1. The fourth-order valence-corrected chi connectivity index (χ4v) is 4.90. The van der Waals surface area contributed by atoms with Gasteiger partial charge in [-0.05, 0) is 25.0 Å². The van der Waals surface area contributed by atoms with Crippen LogP contribution in [0.4, 0.5) is 5.69 Å². The quantitative estimate of drug-likeness (QED) is 0.682. The molecule has 5 rings (SSSR count). The van der Waals surface area contributed by atoms with Crippen molar-refractivity contribution in [1.82, 2.24) is 15.1 Å². The van der Waals surface area contributed by atoms with Crippen LogP contribution in [0.5, 0.6) is 0 Å². The molecule has 7 heteroatoms. The molecule has 3 N–H and O–H groups in total. The number of hydrogen-bond donors (Lipinski definition) is 2. The first kappa shape index (κ1) is 15.9. The second-order valence-electron chi connectivity index (χ2n) is 7.13. The number of nitrogens with one attached hydrogen (secondary N) is 1. The largest absolute Gasteiger partial charge is 0.397 e. The van der Waals surface area contributed by atoms with Crippen molar-refractivity contribution in [2.45, 2.75) is 44.1 Å². The monoisotopic (exact) mass is 367 g/mol. The van der Waals surface area contributed by atoms with Crippen molar-refractivity contribution in [3.63, 3.8) is 0 Å². The van der Waals surface area contributed by atoms with Crippen molar-refractivity contribution in [2.24, 2.45) is 4.99 Å². The Kier molecular flexibility index (Phi) is 3.96. The zero-order valence-corrected chi connectivity index (χ0v) is 15.3. The molecule has 1 aliphatic heterocycles. The van der Waals surface area contributed by atoms with Gasteiger partial charge in [0, 0.05) is 17.1 Å². The number of benzene rings is 1. The number of nitrogens with two attached hydrogens (primary N) is 1. The van der Waals surface area contributed by atoms with Crippen LogP contribution in [0.2, 0.25) is 0 Å². The van der Waals surface area contributed by atoms with Gasteiger partial charge >= 0.3 is 0 Å². The first-order valence-electron chi connectivity index (χ1n) is 9.17. The molecule has 0 spiro atoms. The normalized spacial score (nSPS) is 20.9. The number of thioether (sulfide) groups is 1. The third-order valence-electron chi connectivity index (χ3n) is 5.25. The predicted octanol–water partition coefficient (Wildman–Crippen LogP) is 3.90. The lowest BCUT2D eigenvalue weighted by atomic mass is 10.1. The third-order valence-corrected chi connectivity index (χ3v) is 6.40. The SMILES string of the molecule is Nc1cccc2cc(C3=NC(Cc4nc(C5CCCC5)no4)CS3)[nH]c12. The summed E-state index contributed by atoms with van der Waals surface area (Å²) in [6.07, 6.45) is 5.62. The highest BCUT2D eigenvalue weighted by Gasteiger charge is 2.26. The Morgan fingerprint density at radius 2 is 2.15 bits per heavy atom. The molecular formula is C19H21N5OS. The Morgan fingerprint density at radius 3 is 3.00 bits per heavy atom. The van der Waals surface area contributed by atoms with E-state index in [1.807, 2.05) is 12.1 Å². The Balaban J connectivity index is 1.32. The van der Waals surface area contributed by atoms with Crippen molar-refractivity contribution >= 4 is 33.4 Å². The average molecular weight is 367 g/mol. The van der Waals surface area contributed by atoms with Crippen molar-refractivity contribution in [3.8, 4) is 0 Å². The molecule has 1 fully saturated rings. The van der Waals surface area contributed by atoms with Crippen LogP contribution in [0.25, 0.3) is 10.9 Å². The van der Waals surface area contributed by atoms with Gasteiger partial charge in [0.1, 0.15) is 5.04 Å². The fraction of sp³-hybridized carbons (Fsp3) is 0.421. The van der Waals surface area contributed by atoms with E-state index >= 15 is 0 Å². The maximum Gasteiger partial charge on any atom is 0.228 e. The maximum absolute atomic E-state index is 6.05. The molecule has 2 aliphatic rings. The van der Waals surface area contributed by atoms with E-state index in [2.05, 4.69) is 27.3 Å². The van der Waals surface area contributed by atoms with Crippen LogP contribution in [-0.4, -0.2) is 32.0 Å². The van der Waals surface area contributed by atoms with Crippen LogP contribution in [0, 0.1) is 0 Å². The zero-order valence-electron chi connectivity index (χ0n) is 14.4. The molecule has 0 bridgehead atoms. The Morgan fingerprint density at radius 1 is 1.27 bits per heavy atom. The summed E-state index contributed by atoms with van der Waals surface area (Å²) in [6, 6.07) is 8.23. The molecule has 1 aliphatic carbocycles. The molecule has 0 radical (unpaired) electrons. The van der Waals surface area contributed by atoms with E-state index in [0.29, 0.717) is 18.2 Å². The van der Waals surface area contributed by atoms with Gasteiger partial charge in [0.2, 0.25) is 5.89 Å². The molecular weight excluding hydrogens is 346 g/mol. The lowest BCUT2D eigenvalue weighted by Crippen LogP contribution is -2.08. The predicted molar refractivity (Wildman–Crippen MR) is 105 cm³/mol. The number of fused-ring (bicyclic) bond motifs is 1. The number of nitrogens with zero attached hydrogens (tertiary/aromatic N) is 3. The van der Waals surface area contributed by atoms with Gasteiger partial charge in [-0.2, -0.15) is 4.98 Å². The van der Waals surface area contributed by atoms with E-state index in [-0.39, 0.29) is 6.04 Å². The van der Waals surface area contributed by atoms with Gasteiger partial charge in [-0.25, -0.2) is 0 Å². The maximum atomic E-state index is 6.05. The molecule has 0 saturated heterocycles. The van der Waals surface area contributed by atoms with Crippen LogP contribution in [-0.2, 0) is 6.42 Å². The Hall–Kier alpha value is -2.28. The highest BCUT2D eigenvalue weighted by atomic mass is 32.2. The van der Waals surface area contributed by atoms with Crippen molar-refractivity contribution in [1.29, 1.82) is 0 Å². The van der Waals surface area contributed by atoms with Crippen molar-refractivity contribution in [3.05, 3.63) is 41.7 Å². The molecule has 1 aromatic carbocycles. The minimum absolute atomic E-state index is 0.177. The number of aromatic nitrogens is 3. The summed E-state index contributed by atoms with van der Waals surface area (Å²) in [4.78, 5) is 12.9. The molecule has 3 aromatic rings. The summed E-state index contributed by atoms with van der Waals surface area (Å²) in [5.74, 6) is 3.02. The zero-order chi connectivity index (χ0) is 17.5. The van der Waals surface area contributed by atoms with Crippen LogP contribution in [0.15, 0.2) is 33.8 Å². The van der Waals surface area contributed by atoms with E-state index in [4.69, 9.17) is 15.2 Å². The Labute approximate surface area is 155 Å². The van der Waals surface area contributed by atoms with Gasteiger partial charge < -0.3 is 15.2 Å². The number of anilines is 1. The summed E-state index contributed by atoms with van der Waals surface area (Å²) in [5.41, 5.74) is 8.82. The summed E-state index contributed by atoms with van der Waals surface area (Å²) in [5, 5.41) is 6.34. The van der Waals surface area contributed by atoms with E-state index in [9.17, 15) is 0 Å². The van der Waals surface area contributed by atoms with Crippen LogP contribution < -0.4 is 5.73 Å². The molecule has 2 aromatic heterocycles. The standard InChI is InChI=1S/C19H21N5OS/c20-14-7-3-6-12-8-15(22-17(12)14)19-21-13(10-26-19)9-16-23-18(24-25-16)11-4-1-2-5-11/h3,6-8,11,13,22H,1-2,4-5,9-10,20H2. The molecule has 3 heterocycles. The molecule has 26 heavy (non-hydrogen) atoms. The van der Waals surface area contributed by atoms with Gasteiger partial charge in [-0.3, -0.25) is 4.99 Å². The Bertz CT molecular complexity index is 969. The molecule has 134 valence electrons. The van der Waals surface area contributed by atoms with Gasteiger partial charge in [0.05, 0.1) is 29.4 Å². The highest BCUT2D eigenvalue weighted by molar-refractivity contribution is 8.14. The third kappa shape index (κ3) is 2.90. The van der Waals surface area contributed by atoms with Gasteiger partial charge in [-0.15, -0.1) is 11.8 Å². The molecule has 6 nitrogen and oxygen atoms in total. The van der Waals surface area contributed by atoms with E-state index in [1.165, 1.54) is 25.7 Å². The van der Waals surface area contributed by atoms with E-state index in [1.54, 1.807) is 11.8 Å². The van der Waals surface area contributed by atoms with Crippen molar-refractivity contribution in [2.75, 3.05) is 11.5 Å². The lowest BCUT2D eigenvalue weighted by Gasteiger charge is -2.01. The summed E-state index contributed by atoms with van der Waals surface area (Å²) in [6.45, 7) is 0. The fourth-order valence-electron chi connectivity index (χ4n) is 3.86. The molecule has 1 unspecified atom stereocenters. The lowest BCUT2D eigenvalue weighted by molar-refractivity contribution is 0.364. The van der Waals surface area contributed by atoms with Crippen LogP contribution in [0.3, 0.4) is 0 Å². The van der Waals surface area contributed by atoms with E-state index < -0.39 is 0 Å². The number of hydrogen-bond acceptors (Lipinski definition) is 6. The summed E-state index contributed by atoms with van der Waals surface area (Å²) >= 11 is 1.76. The number of para-hydroxylation sites is 1. The molecule has 1 saturated carbocycles. The minimum Gasteiger partial charge on any atom is -0.397 e. The van der Waals surface area contributed by atoms with Gasteiger partial charge in [-0.1, -0.05) is 30.1 Å². The first-order chi connectivity index (χ1) is 12.8. The van der Waals surface area contributed by atoms with Gasteiger partial charge in [0.25, 0.3) is 0 Å². The number of H-pyrrole nitrogens is 1. The average Bonchev–Trinajstić information content (AvgIpc) is 3.42. The highest BCUT2D eigenvalue weighted by Crippen LogP contribution is 2.33. The van der Waals surface area contributed by atoms with E-state index in [0.717, 1.165) is 38.9 Å². The second-order valence-corrected chi connectivity index (χ2v) is 8.13. The number of rotatable bonds is 4. The first-order valence-corrected chi connectivity index (χ1v) is 10.2. The molecule has 0 amide bonds. The summed E-state index contributed by atoms with van der Waals surface area (Å²) < 4.78 is 5.48. The number of aromatic amines is 1. The molecule has 1 atom stereocenters. The smallest absolute Gasteiger partial charge is 0.228 e. The number of aliphatic imine (C=N–C) groups is 1. The second kappa shape index (κ2) is 6.46. The van der Waals surface area contributed by atoms with Crippen molar-refractivity contribution < 1.29 is 4.52 Å².